The zero-order valence-electron chi connectivity index (χ0n) is 8.54. The van der Waals surface area contributed by atoms with Gasteiger partial charge in [-0.3, -0.25) is 5.84 Å². The first-order valence-electron chi connectivity index (χ1n) is 4.97. The summed E-state index contributed by atoms with van der Waals surface area (Å²) in [4.78, 5) is 0. The van der Waals surface area contributed by atoms with Crippen LogP contribution in [-0.4, -0.2) is 6.61 Å². The van der Waals surface area contributed by atoms with E-state index in [1.807, 2.05) is 6.08 Å². The van der Waals surface area contributed by atoms with Crippen LogP contribution in [0.2, 0.25) is 0 Å². The minimum Gasteiger partial charge on any atom is -0.496 e. The molecule has 2 rings (SSSR count). The van der Waals surface area contributed by atoms with Crippen molar-refractivity contribution in [2.75, 3.05) is 6.61 Å². The van der Waals surface area contributed by atoms with Crippen LogP contribution in [0.15, 0.2) is 34.5 Å². The van der Waals surface area contributed by atoms with Crippen molar-refractivity contribution in [1.29, 1.82) is 0 Å². The minimum absolute atomic E-state index is 0.309. The summed E-state index contributed by atoms with van der Waals surface area (Å²) < 4.78 is 19.2. The predicted octanol–water partition coefficient (Wildman–Crippen LogP) is 2.40. The molecule has 0 aromatic heterocycles. The van der Waals surface area contributed by atoms with Crippen LogP contribution >= 0.6 is 15.9 Å². The SMILES string of the molecule is NNC(C1=CCCO1)c1cccc(F)c1Br. The van der Waals surface area contributed by atoms with Crippen LogP contribution in [0.25, 0.3) is 0 Å². The molecule has 3 N–H and O–H groups in total. The van der Waals surface area contributed by atoms with Crippen LogP contribution in [-0.2, 0) is 4.74 Å². The average Bonchev–Trinajstić information content (AvgIpc) is 2.79. The number of ether oxygens (including phenoxy) is 1. The number of nitrogens with one attached hydrogen (secondary N) is 1. The number of hydrazine groups is 1. The molecule has 0 aliphatic carbocycles. The molecular weight excluding hydrogens is 275 g/mol. The molecule has 0 spiro atoms. The Morgan fingerprint density at radius 1 is 1.50 bits per heavy atom. The maximum absolute atomic E-state index is 13.4. The smallest absolute Gasteiger partial charge is 0.137 e. The van der Waals surface area contributed by atoms with E-state index in [-0.39, 0.29) is 11.9 Å². The van der Waals surface area contributed by atoms with Gasteiger partial charge < -0.3 is 4.74 Å². The Balaban J connectivity index is 2.36. The van der Waals surface area contributed by atoms with Gasteiger partial charge in [-0.05, 0) is 33.6 Å². The molecule has 1 aromatic rings. The van der Waals surface area contributed by atoms with Gasteiger partial charge in [0, 0.05) is 6.42 Å². The van der Waals surface area contributed by atoms with E-state index in [0.717, 1.165) is 17.7 Å². The molecule has 5 heteroatoms. The van der Waals surface area contributed by atoms with Crippen LogP contribution in [0.3, 0.4) is 0 Å². The topological polar surface area (TPSA) is 47.3 Å². The first-order chi connectivity index (χ1) is 7.74. The number of hydrogen-bond acceptors (Lipinski definition) is 3. The van der Waals surface area contributed by atoms with Gasteiger partial charge in [0.25, 0.3) is 0 Å². The maximum Gasteiger partial charge on any atom is 0.137 e. The summed E-state index contributed by atoms with van der Waals surface area (Å²) >= 11 is 3.22. The fourth-order valence-electron chi connectivity index (χ4n) is 1.71. The molecule has 0 fully saturated rings. The fraction of sp³-hybridized carbons (Fsp3) is 0.273. The summed E-state index contributed by atoms with van der Waals surface area (Å²) in [5, 5.41) is 0. The van der Waals surface area contributed by atoms with Gasteiger partial charge in [-0.2, -0.15) is 0 Å². The third-order valence-electron chi connectivity index (χ3n) is 2.48. The first kappa shape index (κ1) is 11.6. The van der Waals surface area contributed by atoms with Crippen molar-refractivity contribution < 1.29 is 9.13 Å². The van der Waals surface area contributed by atoms with E-state index in [0.29, 0.717) is 11.1 Å². The molecule has 86 valence electrons. The average molecular weight is 287 g/mol. The molecule has 1 aliphatic rings. The van der Waals surface area contributed by atoms with Gasteiger partial charge in [-0.1, -0.05) is 12.1 Å². The molecule has 0 radical (unpaired) electrons. The Bertz CT molecular complexity index is 422. The number of benzene rings is 1. The molecule has 1 atom stereocenters. The number of nitrogens with two attached hydrogens (primary N) is 1. The standard InChI is InChI=1S/C11H12BrFN2O/c12-10-7(3-1-4-8(10)13)11(15-14)9-5-2-6-16-9/h1,3-5,11,15H,2,6,14H2. The molecule has 0 saturated heterocycles. The van der Waals surface area contributed by atoms with Crippen molar-refractivity contribution in [2.24, 2.45) is 5.84 Å². The lowest BCUT2D eigenvalue weighted by Gasteiger charge is -2.19. The Morgan fingerprint density at radius 3 is 2.94 bits per heavy atom. The molecule has 0 amide bonds. The zero-order valence-corrected chi connectivity index (χ0v) is 10.1. The van der Waals surface area contributed by atoms with Gasteiger partial charge >= 0.3 is 0 Å². The molecule has 16 heavy (non-hydrogen) atoms. The minimum atomic E-state index is -0.312. The molecule has 1 aromatic carbocycles. The highest BCUT2D eigenvalue weighted by atomic mass is 79.9. The third kappa shape index (κ3) is 2.11. The molecular formula is C11H12BrFN2O. The largest absolute Gasteiger partial charge is 0.496 e. The van der Waals surface area contributed by atoms with Crippen LogP contribution in [0, 0.1) is 5.82 Å². The van der Waals surface area contributed by atoms with Gasteiger partial charge in [0.2, 0.25) is 0 Å². The summed E-state index contributed by atoms with van der Waals surface area (Å²) in [6.45, 7) is 0.653. The van der Waals surface area contributed by atoms with Crippen molar-refractivity contribution in [1.82, 2.24) is 5.43 Å². The van der Waals surface area contributed by atoms with Gasteiger partial charge in [0.05, 0.1) is 11.1 Å². The summed E-state index contributed by atoms with van der Waals surface area (Å²) in [7, 11) is 0. The van der Waals surface area contributed by atoms with Gasteiger partial charge in [0.1, 0.15) is 17.6 Å². The van der Waals surface area contributed by atoms with E-state index in [1.165, 1.54) is 6.07 Å². The zero-order chi connectivity index (χ0) is 11.5. The monoisotopic (exact) mass is 286 g/mol. The van der Waals surface area contributed by atoms with Crippen LogP contribution in [0.4, 0.5) is 4.39 Å². The Hall–Kier alpha value is -0.910. The lowest BCUT2D eigenvalue weighted by atomic mass is 10.1. The molecule has 1 unspecified atom stereocenters. The van der Waals surface area contributed by atoms with E-state index in [4.69, 9.17) is 10.6 Å². The van der Waals surface area contributed by atoms with Crippen LogP contribution in [0.1, 0.15) is 18.0 Å². The van der Waals surface area contributed by atoms with E-state index < -0.39 is 0 Å². The van der Waals surface area contributed by atoms with Crippen molar-refractivity contribution in [3.05, 3.63) is 45.9 Å². The van der Waals surface area contributed by atoms with E-state index in [1.54, 1.807) is 12.1 Å². The normalized spacial score (nSPS) is 16.8. The summed E-state index contributed by atoms with van der Waals surface area (Å²) in [6, 6.07) is 4.54. The Morgan fingerprint density at radius 2 is 2.31 bits per heavy atom. The van der Waals surface area contributed by atoms with Crippen molar-refractivity contribution in [2.45, 2.75) is 12.5 Å². The quantitative estimate of drug-likeness (QED) is 0.663. The van der Waals surface area contributed by atoms with E-state index >= 15 is 0 Å². The van der Waals surface area contributed by atoms with Crippen molar-refractivity contribution in [3.63, 3.8) is 0 Å². The summed E-state index contributed by atoms with van der Waals surface area (Å²) in [5.41, 5.74) is 3.37. The van der Waals surface area contributed by atoms with E-state index in [9.17, 15) is 4.39 Å². The second-order valence-corrected chi connectivity index (χ2v) is 4.28. The highest BCUT2D eigenvalue weighted by Crippen LogP contribution is 2.32. The molecule has 0 bridgehead atoms. The highest BCUT2D eigenvalue weighted by Gasteiger charge is 2.22. The molecule has 1 heterocycles. The Labute approximate surface area is 102 Å². The molecule has 1 aliphatic heterocycles. The fourth-order valence-corrected chi connectivity index (χ4v) is 2.20. The lowest BCUT2D eigenvalue weighted by molar-refractivity contribution is 0.215. The molecule has 3 nitrogen and oxygen atoms in total. The summed E-state index contributed by atoms with van der Waals surface area (Å²) in [6.07, 6.45) is 2.82. The van der Waals surface area contributed by atoms with Gasteiger partial charge in [-0.15, -0.1) is 0 Å². The Kier molecular flexibility index (Phi) is 3.58. The van der Waals surface area contributed by atoms with E-state index in [2.05, 4.69) is 21.4 Å². The van der Waals surface area contributed by atoms with Crippen LogP contribution < -0.4 is 11.3 Å². The lowest BCUT2D eigenvalue weighted by Crippen LogP contribution is -2.30. The molecule has 0 saturated carbocycles. The maximum atomic E-state index is 13.4. The predicted molar refractivity (Wildman–Crippen MR) is 62.8 cm³/mol. The number of halogens is 2. The van der Waals surface area contributed by atoms with Crippen LogP contribution in [0.5, 0.6) is 0 Å². The summed E-state index contributed by atoms with van der Waals surface area (Å²) in [5.74, 6) is 5.92. The third-order valence-corrected chi connectivity index (χ3v) is 3.31. The number of hydrogen-bond donors (Lipinski definition) is 2. The van der Waals surface area contributed by atoms with Crippen molar-refractivity contribution in [3.8, 4) is 0 Å². The van der Waals surface area contributed by atoms with Gasteiger partial charge in [-0.25, -0.2) is 9.82 Å². The van der Waals surface area contributed by atoms with Gasteiger partial charge in [0.15, 0.2) is 0 Å². The first-order valence-corrected chi connectivity index (χ1v) is 5.76. The second kappa shape index (κ2) is 4.95. The van der Waals surface area contributed by atoms with Crippen molar-refractivity contribution >= 4 is 15.9 Å². The second-order valence-electron chi connectivity index (χ2n) is 3.49. The highest BCUT2D eigenvalue weighted by molar-refractivity contribution is 9.10. The number of rotatable bonds is 3.